The summed E-state index contributed by atoms with van der Waals surface area (Å²) in [4.78, 5) is 12.0. The van der Waals surface area contributed by atoms with E-state index in [2.05, 4.69) is 21.9 Å². The summed E-state index contributed by atoms with van der Waals surface area (Å²) >= 11 is 3.30. The molecular weight excluding hydrogens is 366 g/mol. The number of hydrogen-bond donors (Lipinski definition) is 0. The van der Waals surface area contributed by atoms with E-state index in [1.165, 1.54) is 12.1 Å². The topological polar surface area (TPSA) is 26.3 Å². The maximum absolute atomic E-state index is 13.6. The van der Waals surface area contributed by atoms with Crippen molar-refractivity contribution in [3.63, 3.8) is 0 Å². The maximum atomic E-state index is 13.6. The van der Waals surface area contributed by atoms with Crippen molar-refractivity contribution in [3.05, 3.63) is 69.7 Å². The van der Waals surface area contributed by atoms with Crippen LogP contribution in [0.4, 0.5) is 8.78 Å². The molecule has 0 aromatic heterocycles. The van der Waals surface area contributed by atoms with Gasteiger partial charge in [-0.3, -0.25) is 4.79 Å². The van der Waals surface area contributed by atoms with Gasteiger partial charge >= 0.3 is 0 Å². The molecule has 0 saturated carbocycles. The lowest BCUT2D eigenvalue weighted by molar-refractivity contribution is 0.104. The van der Waals surface area contributed by atoms with Gasteiger partial charge in [0.15, 0.2) is 5.78 Å². The molecule has 0 spiro atoms. The Hall–Kier alpha value is -2.45. The summed E-state index contributed by atoms with van der Waals surface area (Å²) in [5.74, 6) is 0.217. The monoisotopic (exact) mass is 376 g/mol. The van der Waals surface area contributed by atoms with Crippen LogP contribution >= 0.6 is 15.9 Å². The van der Waals surface area contributed by atoms with Gasteiger partial charge in [-0.2, -0.15) is 0 Å². The average molecular weight is 377 g/mol. The number of hydrogen-bond acceptors (Lipinski definition) is 2. The Morgan fingerprint density at radius 2 is 1.96 bits per heavy atom. The number of carbonyl (C=O) groups excluding carboxylic acids is 1. The molecule has 0 fully saturated rings. The van der Waals surface area contributed by atoms with E-state index in [-0.39, 0.29) is 6.61 Å². The highest BCUT2D eigenvalue weighted by Crippen LogP contribution is 2.25. The summed E-state index contributed by atoms with van der Waals surface area (Å²) in [6, 6.07) is 8.39. The SMILES string of the molecule is C#CCOc1ccc(Br)cc1/C=C/C(=O)c1c(F)cccc1F. The van der Waals surface area contributed by atoms with Crippen molar-refractivity contribution in [2.75, 3.05) is 6.61 Å². The van der Waals surface area contributed by atoms with E-state index in [1.54, 1.807) is 18.2 Å². The predicted octanol–water partition coefficient (Wildman–Crippen LogP) is 4.64. The highest BCUT2D eigenvalue weighted by molar-refractivity contribution is 9.10. The van der Waals surface area contributed by atoms with Crippen LogP contribution in [-0.4, -0.2) is 12.4 Å². The molecule has 0 amide bonds. The first-order valence-electron chi connectivity index (χ1n) is 6.55. The minimum Gasteiger partial charge on any atom is -0.480 e. The zero-order chi connectivity index (χ0) is 16.8. The van der Waals surface area contributed by atoms with Crippen LogP contribution in [0, 0.1) is 24.0 Å². The molecule has 0 aliphatic rings. The van der Waals surface area contributed by atoms with Gasteiger partial charge in [0.25, 0.3) is 0 Å². The molecule has 2 nitrogen and oxygen atoms in total. The summed E-state index contributed by atoms with van der Waals surface area (Å²) in [6.07, 6.45) is 7.66. The van der Waals surface area contributed by atoms with E-state index >= 15 is 0 Å². The largest absolute Gasteiger partial charge is 0.480 e. The van der Waals surface area contributed by atoms with Gasteiger partial charge in [0.2, 0.25) is 0 Å². The fourth-order valence-electron chi connectivity index (χ4n) is 1.88. The number of carbonyl (C=O) groups is 1. The van der Waals surface area contributed by atoms with Crippen molar-refractivity contribution in [2.24, 2.45) is 0 Å². The highest BCUT2D eigenvalue weighted by Gasteiger charge is 2.14. The molecule has 0 aliphatic heterocycles. The second-order valence-corrected chi connectivity index (χ2v) is 5.38. The van der Waals surface area contributed by atoms with Crippen LogP contribution in [0.5, 0.6) is 5.75 Å². The van der Waals surface area contributed by atoms with Gasteiger partial charge in [-0.1, -0.05) is 27.9 Å². The van der Waals surface area contributed by atoms with Gasteiger partial charge in [0, 0.05) is 10.0 Å². The minimum absolute atomic E-state index is 0.0678. The number of rotatable bonds is 5. The Kier molecular flexibility index (Phi) is 5.67. The highest BCUT2D eigenvalue weighted by atomic mass is 79.9. The lowest BCUT2D eigenvalue weighted by Gasteiger charge is -2.07. The molecule has 23 heavy (non-hydrogen) atoms. The molecule has 0 heterocycles. The van der Waals surface area contributed by atoms with Crippen LogP contribution in [-0.2, 0) is 0 Å². The first kappa shape index (κ1) is 16.9. The van der Waals surface area contributed by atoms with E-state index < -0.39 is 23.0 Å². The van der Waals surface area contributed by atoms with E-state index in [0.29, 0.717) is 11.3 Å². The van der Waals surface area contributed by atoms with E-state index in [0.717, 1.165) is 22.7 Å². The molecule has 2 aromatic carbocycles. The van der Waals surface area contributed by atoms with E-state index in [4.69, 9.17) is 11.2 Å². The van der Waals surface area contributed by atoms with E-state index in [1.807, 2.05) is 0 Å². The fourth-order valence-corrected chi connectivity index (χ4v) is 2.26. The number of ketones is 1. The Balaban J connectivity index is 2.31. The molecule has 0 radical (unpaired) electrons. The third-order valence-electron chi connectivity index (χ3n) is 2.91. The molecule has 0 saturated heterocycles. The molecule has 116 valence electrons. The minimum atomic E-state index is -0.905. The van der Waals surface area contributed by atoms with Crippen molar-refractivity contribution in [1.29, 1.82) is 0 Å². The van der Waals surface area contributed by atoms with Crippen molar-refractivity contribution in [1.82, 2.24) is 0 Å². The zero-order valence-corrected chi connectivity index (χ0v) is 13.4. The molecule has 0 unspecified atom stereocenters. The van der Waals surface area contributed by atoms with Gasteiger partial charge in [-0.15, -0.1) is 6.42 Å². The van der Waals surface area contributed by atoms with Gasteiger partial charge in [-0.05, 0) is 42.5 Å². The van der Waals surface area contributed by atoms with Crippen LogP contribution < -0.4 is 4.74 Å². The third-order valence-corrected chi connectivity index (χ3v) is 3.40. The van der Waals surface area contributed by atoms with Crippen LogP contribution in [0.3, 0.4) is 0 Å². The fraction of sp³-hybridized carbons (Fsp3) is 0.0556. The zero-order valence-electron chi connectivity index (χ0n) is 11.9. The average Bonchev–Trinajstić information content (AvgIpc) is 2.52. The van der Waals surface area contributed by atoms with Crippen LogP contribution in [0.1, 0.15) is 15.9 Å². The second kappa shape index (κ2) is 7.70. The molecular formula is C18H11BrF2O2. The maximum Gasteiger partial charge on any atom is 0.191 e. The molecule has 2 rings (SSSR count). The summed E-state index contributed by atoms with van der Waals surface area (Å²) in [7, 11) is 0. The molecule has 5 heteroatoms. The number of terminal acetylenes is 1. The lowest BCUT2D eigenvalue weighted by atomic mass is 10.1. The Morgan fingerprint density at radius 3 is 2.61 bits per heavy atom. The molecule has 0 atom stereocenters. The quantitative estimate of drug-likeness (QED) is 0.431. The second-order valence-electron chi connectivity index (χ2n) is 4.47. The van der Waals surface area contributed by atoms with Crippen molar-refractivity contribution >= 4 is 27.8 Å². The first-order chi connectivity index (χ1) is 11.0. The Morgan fingerprint density at radius 1 is 1.26 bits per heavy atom. The number of benzene rings is 2. The normalized spacial score (nSPS) is 10.5. The molecule has 0 N–H and O–H groups in total. The Labute approximate surface area is 140 Å². The van der Waals surface area contributed by atoms with Gasteiger partial charge < -0.3 is 4.74 Å². The first-order valence-corrected chi connectivity index (χ1v) is 7.34. The number of ether oxygens (including phenoxy) is 1. The predicted molar refractivity (Wildman–Crippen MR) is 88.2 cm³/mol. The summed E-state index contributed by atoms with van der Waals surface area (Å²) in [5, 5.41) is 0. The van der Waals surface area contributed by atoms with Crippen LogP contribution in [0.25, 0.3) is 6.08 Å². The van der Waals surface area contributed by atoms with Crippen LogP contribution in [0.2, 0.25) is 0 Å². The van der Waals surface area contributed by atoms with Crippen molar-refractivity contribution in [3.8, 4) is 18.1 Å². The van der Waals surface area contributed by atoms with Crippen molar-refractivity contribution in [2.45, 2.75) is 0 Å². The summed E-state index contributed by atoms with van der Waals surface area (Å²) in [6.45, 7) is 0.0678. The summed E-state index contributed by atoms with van der Waals surface area (Å²) in [5.41, 5.74) is -0.0374. The third kappa shape index (κ3) is 4.27. The molecule has 2 aromatic rings. The van der Waals surface area contributed by atoms with Gasteiger partial charge in [-0.25, -0.2) is 8.78 Å². The number of allylic oxidation sites excluding steroid dienone is 1. The standard InChI is InChI=1S/C18H11BrF2O2/c1-2-10-23-17-9-7-13(19)11-12(17)6-8-16(22)18-14(20)4-3-5-15(18)21/h1,3-9,11H,10H2/b8-6+. The number of halogens is 3. The summed E-state index contributed by atoms with van der Waals surface area (Å²) < 4.78 is 33.3. The van der Waals surface area contributed by atoms with Crippen LogP contribution in [0.15, 0.2) is 46.9 Å². The smallest absolute Gasteiger partial charge is 0.191 e. The van der Waals surface area contributed by atoms with Crippen molar-refractivity contribution < 1.29 is 18.3 Å². The molecule has 0 bridgehead atoms. The Bertz CT molecular complexity index is 787. The van der Waals surface area contributed by atoms with Gasteiger partial charge in [0.05, 0.1) is 5.56 Å². The van der Waals surface area contributed by atoms with E-state index in [9.17, 15) is 13.6 Å². The molecule has 0 aliphatic carbocycles. The van der Waals surface area contributed by atoms with Gasteiger partial charge in [0.1, 0.15) is 24.0 Å². The lowest BCUT2D eigenvalue weighted by Crippen LogP contribution is -2.02.